The molecule has 14 heteroatoms. The van der Waals surface area contributed by atoms with Crippen molar-refractivity contribution < 1.29 is 54.4 Å². The van der Waals surface area contributed by atoms with Crippen LogP contribution in [0.3, 0.4) is 0 Å². The molecule has 1 aromatic heterocycles. The highest BCUT2D eigenvalue weighted by molar-refractivity contribution is 6.09. The average Bonchev–Trinajstić information content (AvgIpc) is 3.46. The Morgan fingerprint density at radius 3 is 2.31 bits per heavy atom. The Hall–Kier alpha value is -4.25. The maximum Gasteiger partial charge on any atom is 0.265 e. The molecule has 1 aromatic rings. The van der Waals surface area contributed by atoms with E-state index >= 15 is 0 Å². The first-order valence-electron chi connectivity index (χ1n) is 19.5. The first kappa shape index (κ1) is 48.1. The summed E-state index contributed by atoms with van der Waals surface area (Å²) in [5.41, 5.74) is -0.881. The minimum absolute atomic E-state index is 0.0818. The lowest BCUT2D eigenvalue weighted by molar-refractivity contribution is -0.359. The van der Waals surface area contributed by atoms with Gasteiger partial charge in [-0.25, -0.2) is 0 Å². The standard InChI is InChI=1S/C44H62N2O12/c1-10-12-14-22-32-43(6,7)39(51)40(52)44(55,58-32)29(11-2)41(53)45-24-18-17-20-27(4)37(56-9)28(5)38-36(50)35(49)31(57-38)21-16-13-15-19-26(3)34(48)33-30(47)23-25-46(8)42(33)54/h10,12-23,25,28-29,31-32,35-40,47,49-52,55H,11,24H2,1-9H3,(H,45,53)/b12-10+,15-13+,18-17-,21-16-,22-14+,26-19+,27-20+/t28-,29-,31-,32+,35+,36+,37-,38+,39+,40-,44-/m1/s1. The number of aromatic hydroxyl groups is 1. The van der Waals surface area contributed by atoms with Crippen molar-refractivity contribution in [1.29, 1.82) is 0 Å². The number of hydrogen-bond donors (Lipinski definition) is 7. The van der Waals surface area contributed by atoms with Crippen LogP contribution in [0.1, 0.15) is 65.2 Å². The Balaban J connectivity index is 1.61. The number of amides is 1. The van der Waals surface area contributed by atoms with E-state index in [4.69, 9.17) is 14.2 Å². The molecule has 0 saturated carbocycles. The van der Waals surface area contributed by atoms with Crippen LogP contribution in [0.25, 0.3) is 0 Å². The van der Waals surface area contributed by atoms with Gasteiger partial charge < -0.3 is 54.7 Å². The van der Waals surface area contributed by atoms with Crippen molar-refractivity contribution in [1.82, 2.24) is 9.88 Å². The molecule has 3 heterocycles. The molecule has 2 aliphatic rings. The molecule has 3 rings (SSSR count). The van der Waals surface area contributed by atoms with Crippen LogP contribution < -0.4 is 10.9 Å². The van der Waals surface area contributed by atoms with Crippen molar-refractivity contribution in [3.05, 3.63) is 112 Å². The van der Waals surface area contributed by atoms with Crippen LogP contribution in [0.15, 0.2) is 101 Å². The smallest absolute Gasteiger partial charge is 0.265 e. The lowest BCUT2D eigenvalue weighted by Gasteiger charge is -2.53. The zero-order chi connectivity index (χ0) is 43.5. The monoisotopic (exact) mass is 810 g/mol. The Labute approximate surface area is 340 Å². The number of aryl methyl sites for hydroxylation is 1. The average molecular weight is 811 g/mol. The number of pyridine rings is 1. The molecular formula is C44H62N2O12. The van der Waals surface area contributed by atoms with E-state index in [9.17, 15) is 45.0 Å². The molecule has 58 heavy (non-hydrogen) atoms. The van der Waals surface area contributed by atoms with Gasteiger partial charge in [0.15, 0.2) is 5.78 Å². The van der Waals surface area contributed by atoms with Crippen molar-refractivity contribution in [2.24, 2.45) is 24.3 Å². The zero-order valence-corrected chi connectivity index (χ0v) is 34.9. The predicted molar refractivity (Wildman–Crippen MR) is 220 cm³/mol. The molecule has 0 unspecified atom stereocenters. The summed E-state index contributed by atoms with van der Waals surface area (Å²) in [6.45, 7) is 12.2. The number of ketones is 1. The molecule has 0 bridgehead atoms. The van der Waals surface area contributed by atoms with Gasteiger partial charge in [-0.2, -0.15) is 0 Å². The fraction of sp³-hybridized carbons (Fsp3) is 0.523. The van der Waals surface area contributed by atoms with Crippen molar-refractivity contribution in [3.8, 4) is 5.75 Å². The number of ether oxygens (including phenoxy) is 3. The number of rotatable bonds is 17. The SMILES string of the molecule is C/C=C/C=C/[C@@H]1O[C@](O)([C@H](CC)C(=O)NC/C=C\C=C(/C)[C@@H](OC)[C@@H](C)[C@@H]2O[C@H](\C=C/C=C/C=C(\C)C(=O)c3c(O)ccn(C)c3=O)[C@H](O)[C@@H]2O)[C@H](O)[C@H](O)C1(C)C. The molecule has 0 aliphatic carbocycles. The molecule has 0 aromatic carbocycles. The van der Waals surface area contributed by atoms with E-state index < -0.39 is 94.9 Å². The second kappa shape index (κ2) is 21.1. The van der Waals surface area contributed by atoms with Crippen LogP contribution >= 0.6 is 0 Å². The number of aromatic nitrogens is 1. The molecule has 11 atom stereocenters. The number of allylic oxidation sites excluding steroid dienone is 10. The summed E-state index contributed by atoms with van der Waals surface area (Å²) in [6, 6.07) is 1.27. The number of aliphatic hydroxyl groups is 5. The first-order chi connectivity index (χ1) is 27.3. The molecule has 7 N–H and O–H groups in total. The Bertz CT molecular complexity index is 1860. The van der Waals surface area contributed by atoms with Gasteiger partial charge in [0, 0.05) is 38.2 Å². The van der Waals surface area contributed by atoms with Gasteiger partial charge in [0.05, 0.1) is 30.3 Å². The number of nitrogens with one attached hydrogen (secondary N) is 1. The number of carbonyl (C=O) groups excluding carboxylic acids is 2. The lowest BCUT2D eigenvalue weighted by atomic mass is 9.71. The molecule has 320 valence electrons. The van der Waals surface area contributed by atoms with Gasteiger partial charge >= 0.3 is 0 Å². The van der Waals surface area contributed by atoms with Crippen molar-refractivity contribution in [3.63, 3.8) is 0 Å². The first-order valence-corrected chi connectivity index (χ1v) is 19.5. The van der Waals surface area contributed by atoms with E-state index in [1.54, 1.807) is 81.5 Å². The number of hydrogen-bond acceptors (Lipinski definition) is 12. The minimum atomic E-state index is -2.34. The fourth-order valence-corrected chi connectivity index (χ4v) is 7.27. The van der Waals surface area contributed by atoms with Crippen LogP contribution in [-0.4, -0.2) is 115 Å². The molecule has 2 saturated heterocycles. The molecule has 0 radical (unpaired) electrons. The molecule has 1 amide bonds. The maximum atomic E-state index is 13.3. The van der Waals surface area contributed by atoms with Crippen LogP contribution in [0, 0.1) is 17.3 Å². The third kappa shape index (κ3) is 10.9. The summed E-state index contributed by atoms with van der Waals surface area (Å²) < 4.78 is 19.0. The number of carbonyl (C=O) groups is 2. The number of methoxy groups -OCH3 is 1. The van der Waals surface area contributed by atoms with Gasteiger partial charge in [-0.3, -0.25) is 14.4 Å². The van der Waals surface area contributed by atoms with Crippen molar-refractivity contribution in [2.45, 2.75) is 110 Å². The Kier molecular flexibility index (Phi) is 17.5. The van der Waals surface area contributed by atoms with Gasteiger partial charge in [0.25, 0.3) is 5.56 Å². The van der Waals surface area contributed by atoms with Gasteiger partial charge in [0.2, 0.25) is 11.7 Å². The van der Waals surface area contributed by atoms with Crippen LogP contribution in [0.4, 0.5) is 0 Å². The molecule has 14 nitrogen and oxygen atoms in total. The van der Waals surface area contributed by atoms with Crippen molar-refractivity contribution in [2.75, 3.05) is 13.7 Å². The van der Waals surface area contributed by atoms with Gasteiger partial charge in [0.1, 0.15) is 35.7 Å². The largest absolute Gasteiger partial charge is 0.507 e. The van der Waals surface area contributed by atoms with E-state index in [0.29, 0.717) is 0 Å². The fourth-order valence-electron chi connectivity index (χ4n) is 7.27. The van der Waals surface area contributed by atoms with Crippen LogP contribution in [0.5, 0.6) is 5.75 Å². The topological polar surface area (TPSA) is 217 Å². The lowest BCUT2D eigenvalue weighted by Crippen LogP contribution is -2.69. The van der Waals surface area contributed by atoms with E-state index in [2.05, 4.69) is 5.32 Å². The minimum Gasteiger partial charge on any atom is -0.507 e. The Morgan fingerprint density at radius 2 is 1.67 bits per heavy atom. The third-order valence-electron chi connectivity index (χ3n) is 11.0. The molecular weight excluding hydrogens is 748 g/mol. The summed E-state index contributed by atoms with van der Waals surface area (Å²) >= 11 is 0. The quantitative estimate of drug-likeness (QED) is 0.0687. The van der Waals surface area contributed by atoms with E-state index in [1.807, 2.05) is 26.8 Å². The number of Topliss-reactive ketones (excluding diaryl/α,β-unsaturated/α-hetero) is 1. The number of nitrogens with zero attached hydrogens (tertiary/aromatic N) is 1. The summed E-state index contributed by atoms with van der Waals surface area (Å²) in [7, 11) is 3.01. The van der Waals surface area contributed by atoms with Crippen molar-refractivity contribution >= 4 is 11.7 Å². The number of aliphatic hydroxyl groups excluding tert-OH is 4. The van der Waals surface area contributed by atoms with E-state index in [1.165, 1.54) is 44.0 Å². The van der Waals surface area contributed by atoms with E-state index in [-0.39, 0.29) is 24.1 Å². The third-order valence-corrected chi connectivity index (χ3v) is 11.0. The van der Waals surface area contributed by atoms with E-state index in [0.717, 1.165) is 5.57 Å². The van der Waals surface area contributed by atoms with Crippen LogP contribution in [0.2, 0.25) is 0 Å². The van der Waals surface area contributed by atoms with Crippen LogP contribution in [-0.2, 0) is 26.1 Å². The summed E-state index contributed by atoms with van der Waals surface area (Å²) in [5.74, 6) is -5.51. The highest BCUT2D eigenvalue weighted by atomic mass is 16.7. The second-order valence-corrected chi connectivity index (χ2v) is 15.5. The molecule has 2 fully saturated rings. The van der Waals surface area contributed by atoms with Gasteiger partial charge in [-0.1, -0.05) is 101 Å². The molecule has 2 aliphatic heterocycles. The predicted octanol–water partition coefficient (Wildman–Crippen LogP) is 3.09. The highest BCUT2D eigenvalue weighted by Crippen LogP contribution is 2.44. The maximum absolute atomic E-state index is 13.3. The zero-order valence-electron chi connectivity index (χ0n) is 34.9. The Morgan fingerprint density at radius 1 is 1.00 bits per heavy atom. The van der Waals surface area contributed by atoms with Gasteiger partial charge in [-0.05, 0) is 44.4 Å². The summed E-state index contributed by atoms with van der Waals surface area (Å²) in [6.07, 6.45) is 13.0. The highest BCUT2D eigenvalue weighted by Gasteiger charge is 2.60. The normalized spacial score (nSPS) is 29.9. The summed E-state index contributed by atoms with van der Waals surface area (Å²) in [4.78, 5) is 38.4. The molecule has 0 spiro atoms. The second-order valence-electron chi connectivity index (χ2n) is 15.5. The van der Waals surface area contributed by atoms with Gasteiger partial charge in [-0.15, -0.1) is 0 Å². The summed E-state index contributed by atoms with van der Waals surface area (Å²) in [5, 5.41) is 68.0.